The van der Waals surface area contributed by atoms with Crippen LogP contribution in [0.3, 0.4) is 0 Å². The van der Waals surface area contributed by atoms with Crippen LogP contribution in [0.1, 0.15) is 17.4 Å². The van der Waals surface area contributed by atoms with E-state index in [9.17, 15) is 14.0 Å². The summed E-state index contributed by atoms with van der Waals surface area (Å²) >= 11 is 0. The molecule has 132 valence electrons. The zero-order valence-corrected chi connectivity index (χ0v) is 14.0. The van der Waals surface area contributed by atoms with E-state index in [-0.39, 0.29) is 30.5 Å². The van der Waals surface area contributed by atoms with E-state index in [1.807, 2.05) is 0 Å². The third-order valence-electron chi connectivity index (χ3n) is 4.30. The van der Waals surface area contributed by atoms with Crippen LogP contribution in [0.4, 0.5) is 4.39 Å². The molecule has 1 fully saturated rings. The molecule has 2 aromatic rings. The van der Waals surface area contributed by atoms with Gasteiger partial charge in [-0.1, -0.05) is 18.2 Å². The molecule has 2 atom stereocenters. The van der Waals surface area contributed by atoms with E-state index < -0.39 is 18.0 Å². The third kappa shape index (κ3) is 3.41. The van der Waals surface area contributed by atoms with Gasteiger partial charge in [-0.3, -0.25) is 9.59 Å². The van der Waals surface area contributed by atoms with E-state index in [4.69, 9.17) is 9.15 Å². The van der Waals surface area contributed by atoms with Gasteiger partial charge >= 0.3 is 0 Å². The maximum atomic E-state index is 14.3. The largest absolute Gasteiger partial charge is 0.467 e. The lowest BCUT2D eigenvalue weighted by atomic mass is 9.96. The van der Waals surface area contributed by atoms with Crippen LogP contribution in [0.5, 0.6) is 0 Å². The smallest absolute Gasteiger partial charge is 0.254 e. The minimum atomic E-state index is -0.987. The van der Waals surface area contributed by atoms with Gasteiger partial charge in [0.05, 0.1) is 18.8 Å². The van der Waals surface area contributed by atoms with Crippen LogP contribution < -0.4 is 0 Å². The van der Waals surface area contributed by atoms with Crippen molar-refractivity contribution in [3.8, 4) is 0 Å². The van der Waals surface area contributed by atoms with Crippen LogP contribution in [0.25, 0.3) is 0 Å². The minimum Gasteiger partial charge on any atom is -0.467 e. The van der Waals surface area contributed by atoms with Gasteiger partial charge in [0, 0.05) is 19.7 Å². The Labute approximate surface area is 144 Å². The fraction of sp³-hybridized carbons (Fsp3) is 0.333. The van der Waals surface area contributed by atoms with Crippen molar-refractivity contribution in [2.45, 2.75) is 18.7 Å². The third-order valence-corrected chi connectivity index (χ3v) is 4.30. The first kappa shape index (κ1) is 17.2. The highest BCUT2D eigenvalue weighted by molar-refractivity contribution is 5.86. The second kappa shape index (κ2) is 7.06. The van der Waals surface area contributed by atoms with Gasteiger partial charge in [-0.25, -0.2) is 4.39 Å². The fourth-order valence-electron chi connectivity index (χ4n) is 2.94. The van der Waals surface area contributed by atoms with Crippen LogP contribution in [0.15, 0.2) is 47.1 Å². The standard InChI is InChI=1S/C18H19FN2O4/c1-20(10-12-6-5-9-24-12)18(23)17-16(21(2)15(22)11-25-17)13-7-3-4-8-14(13)19/h3-9,16-17H,10-11H2,1-2H3/t16-,17-/m0/s1. The highest BCUT2D eigenvalue weighted by Crippen LogP contribution is 2.31. The molecule has 1 saturated heterocycles. The highest BCUT2D eigenvalue weighted by Gasteiger charge is 2.42. The van der Waals surface area contributed by atoms with Crippen molar-refractivity contribution in [2.24, 2.45) is 0 Å². The molecule has 0 spiro atoms. The lowest BCUT2D eigenvalue weighted by molar-refractivity contribution is -0.167. The van der Waals surface area contributed by atoms with Gasteiger partial charge in [-0.05, 0) is 18.2 Å². The van der Waals surface area contributed by atoms with Gasteiger partial charge in [0.25, 0.3) is 5.91 Å². The van der Waals surface area contributed by atoms with Crippen molar-refractivity contribution in [1.82, 2.24) is 9.80 Å². The van der Waals surface area contributed by atoms with E-state index in [0.29, 0.717) is 5.76 Å². The van der Waals surface area contributed by atoms with E-state index in [1.165, 1.54) is 22.1 Å². The maximum Gasteiger partial charge on any atom is 0.254 e. The molecule has 2 heterocycles. The minimum absolute atomic E-state index is 0.216. The van der Waals surface area contributed by atoms with Crippen LogP contribution in [-0.4, -0.2) is 48.4 Å². The lowest BCUT2D eigenvalue weighted by Gasteiger charge is -2.39. The molecule has 7 heteroatoms. The second-order valence-electron chi connectivity index (χ2n) is 5.98. The Morgan fingerprint density at radius 1 is 1.32 bits per heavy atom. The number of hydrogen-bond acceptors (Lipinski definition) is 4. The number of furan rings is 1. The Bertz CT molecular complexity index is 762. The maximum absolute atomic E-state index is 14.3. The van der Waals surface area contributed by atoms with E-state index in [0.717, 1.165) is 0 Å². The zero-order valence-electron chi connectivity index (χ0n) is 14.0. The molecule has 1 aromatic carbocycles. The number of ether oxygens (including phenoxy) is 1. The van der Waals surface area contributed by atoms with Crippen molar-refractivity contribution >= 4 is 11.8 Å². The molecule has 0 aliphatic carbocycles. The van der Waals surface area contributed by atoms with Gasteiger partial charge in [-0.2, -0.15) is 0 Å². The molecule has 2 amide bonds. The van der Waals surface area contributed by atoms with E-state index in [2.05, 4.69) is 0 Å². The quantitative estimate of drug-likeness (QED) is 0.849. The zero-order chi connectivity index (χ0) is 18.0. The predicted molar refractivity (Wildman–Crippen MR) is 86.8 cm³/mol. The Kier molecular flexibility index (Phi) is 4.85. The molecule has 1 aliphatic heterocycles. The first-order valence-electron chi connectivity index (χ1n) is 7.88. The molecule has 3 rings (SSSR count). The molecule has 1 aliphatic rings. The number of nitrogens with zero attached hydrogens (tertiary/aromatic N) is 2. The van der Waals surface area contributed by atoms with E-state index in [1.54, 1.807) is 44.4 Å². The van der Waals surface area contributed by atoms with Crippen molar-refractivity contribution in [1.29, 1.82) is 0 Å². The number of halogens is 1. The van der Waals surface area contributed by atoms with Crippen LogP contribution in [0.2, 0.25) is 0 Å². The number of rotatable bonds is 4. The number of likely N-dealkylation sites (N-methyl/N-ethyl adjacent to an activating group) is 2. The van der Waals surface area contributed by atoms with Gasteiger partial charge in [0.2, 0.25) is 5.91 Å². The van der Waals surface area contributed by atoms with Gasteiger partial charge < -0.3 is 19.0 Å². The SMILES string of the molecule is CN(Cc1ccco1)C(=O)[C@H]1OCC(=O)N(C)[C@H]1c1ccccc1F. The summed E-state index contributed by atoms with van der Waals surface area (Å²) in [4.78, 5) is 27.7. The highest BCUT2D eigenvalue weighted by atomic mass is 19.1. The summed E-state index contributed by atoms with van der Waals surface area (Å²) < 4.78 is 25.0. The molecule has 0 unspecified atom stereocenters. The van der Waals surface area contributed by atoms with Crippen LogP contribution in [0, 0.1) is 5.82 Å². The summed E-state index contributed by atoms with van der Waals surface area (Å²) in [6.45, 7) is 0.0415. The topological polar surface area (TPSA) is 63.0 Å². The van der Waals surface area contributed by atoms with Crippen molar-refractivity contribution in [3.05, 3.63) is 59.8 Å². The molecule has 6 nitrogen and oxygen atoms in total. The van der Waals surface area contributed by atoms with Gasteiger partial charge in [0.15, 0.2) is 6.10 Å². The second-order valence-corrected chi connectivity index (χ2v) is 5.98. The van der Waals surface area contributed by atoms with E-state index >= 15 is 0 Å². The lowest BCUT2D eigenvalue weighted by Crippen LogP contribution is -2.53. The van der Waals surface area contributed by atoms with Gasteiger partial charge in [-0.15, -0.1) is 0 Å². The molecule has 0 radical (unpaired) electrons. The fourth-order valence-corrected chi connectivity index (χ4v) is 2.94. The summed E-state index contributed by atoms with van der Waals surface area (Å²) in [7, 11) is 3.16. The van der Waals surface area contributed by atoms with Crippen molar-refractivity contribution in [2.75, 3.05) is 20.7 Å². The number of amides is 2. The molecule has 0 saturated carbocycles. The van der Waals surface area contributed by atoms with Crippen LogP contribution >= 0.6 is 0 Å². The monoisotopic (exact) mass is 346 g/mol. The summed E-state index contributed by atoms with van der Waals surface area (Å²) in [6, 6.07) is 8.76. The van der Waals surface area contributed by atoms with Gasteiger partial charge in [0.1, 0.15) is 18.2 Å². The number of carbonyl (C=O) groups excluding carboxylic acids is 2. The average Bonchev–Trinajstić information content (AvgIpc) is 3.10. The predicted octanol–water partition coefficient (Wildman–Crippen LogP) is 1.98. The Morgan fingerprint density at radius 2 is 2.08 bits per heavy atom. The first-order chi connectivity index (χ1) is 12.0. The normalized spacial score (nSPS) is 20.6. The summed E-state index contributed by atoms with van der Waals surface area (Å²) in [5.74, 6) is -0.502. The van der Waals surface area contributed by atoms with Crippen molar-refractivity contribution < 1.29 is 23.1 Å². The number of morpholine rings is 1. The Morgan fingerprint density at radius 3 is 2.76 bits per heavy atom. The molecular formula is C18H19FN2O4. The Balaban J connectivity index is 1.88. The van der Waals surface area contributed by atoms with Crippen LogP contribution in [-0.2, 0) is 20.9 Å². The molecular weight excluding hydrogens is 327 g/mol. The summed E-state index contributed by atoms with van der Waals surface area (Å²) in [5, 5.41) is 0. The summed E-state index contributed by atoms with van der Waals surface area (Å²) in [6.07, 6.45) is 0.541. The average molecular weight is 346 g/mol. The van der Waals surface area contributed by atoms with Crippen molar-refractivity contribution in [3.63, 3.8) is 0 Å². The number of benzene rings is 1. The number of carbonyl (C=O) groups is 2. The molecule has 0 N–H and O–H groups in total. The first-order valence-corrected chi connectivity index (χ1v) is 7.88. The molecule has 1 aromatic heterocycles. The number of hydrogen-bond donors (Lipinski definition) is 0. The Hall–Kier alpha value is -2.67. The summed E-state index contributed by atoms with van der Waals surface area (Å²) in [5.41, 5.74) is 0.253. The molecule has 25 heavy (non-hydrogen) atoms. The molecule has 0 bridgehead atoms.